The third-order valence-electron chi connectivity index (χ3n) is 6.71. The van der Waals surface area contributed by atoms with Gasteiger partial charge in [0.15, 0.2) is 11.6 Å². The number of hydrogen-bond acceptors (Lipinski definition) is 4. The number of halogens is 3. The van der Waals surface area contributed by atoms with Gasteiger partial charge in [-0.1, -0.05) is 36.4 Å². The van der Waals surface area contributed by atoms with Crippen LogP contribution in [0.4, 0.5) is 13.2 Å². The minimum Gasteiger partial charge on any atom is -0.333 e. The van der Waals surface area contributed by atoms with Crippen molar-refractivity contribution in [2.45, 2.75) is 38.6 Å². The van der Waals surface area contributed by atoms with Crippen LogP contribution < -0.4 is 5.32 Å². The second-order valence-corrected chi connectivity index (χ2v) is 9.28. The molecule has 1 aliphatic heterocycles. The summed E-state index contributed by atoms with van der Waals surface area (Å²) in [7, 11) is 0. The summed E-state index contributed by atoms with van der Waals surface area (Å²) in [6.45, 7) is 0.816. The van der Waals surface area contributed by atoms with Gasteiger partial charge in [-0.05, 0) is 41.3 Å². The summed E-state index contributed by atoms with van der Waals surface area (Å²) in [5, 5.41) is 12.3. The van der Waals surface area contributed by atoms with E-state index in [4.69, 9.17) is 5.26 Å². The summed E-state index contributed by atoms with van der Waals surface area (Å²) < 4.78 is 44.1. The molecule has 1 amide bonds. The molecular weight excluding hydrogens is 491 g/mol. The van der Waals surface area contributed by atoms with E-state index in [-0.39, 0.29) is 24.6 Å². The zero-order chi connectivity index (χ0) is 26.6. The number of carbonyl (C=O) groups excluding carboxylic acids is 1. The van der Waals surface area contributed by atoms with E-state index in [1.54, 1.807) is 24.7 Å². The van der Waals surface area contributed by atoms with Crippen molar-refractivity contribution in [3.05, 3.63) is 124 Å². The molecule has 1 aliphatic rings. The molecule has 5 rings (SSSR count). The van der Waals surface area contributed by atoms with Gasteiger partial charge in [0, 0.05) is 44.0 Å². The van der Waals surface area contributed by atoms with Crippen molar-refractivity contribution in [2.24, 2.45) is 0 Å². The summed E-state index contributed by atoms with van der Waals surface area (Å²) in [6.07, 6.45) is 3.83. The number of carbonyl (C=O) groups is 1. The number of amides is 1. The van der Waals surface area contributed by atoms with Crippen LogP contribution in [-0.2, 0) is 37.4 Å². The molecule has 192 valence electrons. The molecule has 1 N–H and O–H groups in total. The van der Waals surface area contributed by atoms with Gasteiger partial charge < -0.3 is 9.47 Å². The Balaban J connectivity index is 1.35. The smallest absolute Gasteiger partial charge is 0.240 e. The lowest BCUT2D eigenvalue weighted by molar-refractivity contribution is -0.134. The Hall–Kier alpha value is -4.42. The summed E-state index contributed by atoms with van der Waals surface area (Å²) in [5.74, 6) is -3.63. The highest BCUT2D eigenvalue weighted by Crippen LogP contribution is 2.24. The lowest BCUT2D eigenvalue weighted by Crippen LogP contribution is -2.45. The SMILES string of the molecule is N#Cc1ccc(Cn2cncc2CNC2Cc3ccccc3CN(Cc3cc(F)cc(F)c3F)C2=O)cc1. The molecule has 1 aromatic heterocycles. The van der Waals surface area contributed by atoms with Crippen LogP contribution in [0.15, 0.2) is 73.2 Å². The van der Waals surface area contributed by atoms with Gasteiger partial charge in [0.2, 0.25) is 5.91 Å². The summed E-state index contributed by atoms with van der Waals surface area (Å²) in [5.41, 5.74) is 4.09. The Kier molecular flexibility index (Phi) is 7.24. The summed E-state index contributed by atoms with van der Waals surface area (Å²) in [6, 6.07) is 17.7. The quantitative estimate of drug-likeness (QED) is 0.369. The van der Waals surface area contributed by atoms with Crippen LogP contribution >= 0.6 is 0 Å². The van der Waals surface area contributed by atoms with E-state index in [1.165, 1.54) is 4.90 Å². The van der Waals surface area contributed by atoms with Gasteiger partial charge in [-0.3, -0.25) is 10.1 Å². The normalized spacial score (nSPS) is 15.2. The van der Waals surface area contributed by atoms with Crippen LogP contribution in [0.25, 0.3) is 0 Å². The van der Waals surface area contributed by atoms with E-state index < -0.39 is 23.5 Å². The molecule has 1 unspecified atom stereocenters. The molecule has 3 aromatic carbocycles. The highest BCUT2D eigenvalue weighted by atomic mass is 19.2. The average molecular weight is 516 g/mol. The molecular formula is C29H24F3N5O. The maximum absolute atomic E-state index is 14.4. The van der Waals surface area contributed by atoms with E-state index in [1.807, 2.05) is 41.0 Å². The average Bonchev–Trinajstić information content (AvgIpc) is 3.31. The first-order valence-electron chi connectivity index (χ1n) is 12.1. The Morgan fingerprint density at radius 2 is 1.79 bits per heavy atom. The molecule has 0 saturated carbocycles. The Morgan fingerprint density at radius 1 is 1.03 bits per heavy atom. The first-order chi connectivity index (χ1) is 18.4. The van der Waals surface area contributed by atoms with E-state index in [0.29, 0.717) is 31.1 Å². The van der Waals surface area contributed by atoms with Gasteiger partial charge in [0.25, 0.3) is 0 Å². The van der Waals surface area contributed by atoms with E-state index in [0.717, 1.165) is 28.5 Å². The van der Waals surface area contributed by atoms with Gasteiger partial charge >= 0.3 is 0 Å². The number of aromatic nitrogens is 2. The number of nitrogens with one attached hydrogen (secondary N) is 1. The Morgan fingerprint density at radius 3 is 2.55 bits per heavy atom. The van der Waals surface area contributed by atoms with Crippen molar-refractivity contribution in [2.75, 3.05) is 0 Å². The lowest BCUT2D eigenvalue weighted by atomic mass is 10.0. The number of imidazole rings is 1. The zero-order valence-corrected chi connectivity index (χ0v) is 20.4. The molecule has 0 fully saturated rings. The minimum atomic E-state index is -1.28. The molecule has 0 spiro atoms. The molecule has 6 nitrogen and oxygen atoms in total. The molecule has 2 heterocycles. The zero-order valence-electron chi connectivity index (χ0n) is 20.4. The summed E-state index contributed by atoms with van der Waals surface area (Å²) in [4.78, 5) is 19.3. The van der Waals surface area contributed by atoms with Gasteiger partial charge in [0.05, 0.1) is 29.7 Å². The van der Waals surface area contributed by atoms with E-state index >= 15 is 0 Å². The molecule has 0 radical (unpaired) electrons. The monoisotopic (exact) mass is 515 g/mol. The fraction of sp³-hybridized carbons (Fsp3) is 0.207. The highest BCUT2D eigenvalue weighted by molar-refractivity contribution is 5.83. The second-order valence-electron chi connectivity index (χ2n) is 9.28. The van der Waals surface area contributed by atoms with Crippen LogP contribution in [0.2, 0.25) is 0 Å². The molecule has 4 aromatic rings. The van der Waals surface area contributed by atoms with Crippen molar-refractivity contribution in [1.82, 2.24) is 19.8 Å². The van der Waals surface area contributed by atoms with Crippen LogP contribution in [0, 0.1) is 28.8 Å². The standard InChI is InChI=1S/C29H24F3N5O/c30-24-9-23(28(32)26(31)11-24)17-36-16-22-4-2-1-3-21(22)10-27(29(36)38)35-14-25-13-34-18-37(25)15-20-7-5-19(12-33)6-8-20/h1-9,11,13,18,27,35H,10,14-17H2. The largest absolute Gasteiger partial charge is 0.333 e. The lowest BCUT2D eigenvalue weighted by Gasteiger charge is -2.25. The molecule has 0 saturated heterocycles. The fourth-order valence-electron chi connectivity index (χ4n) is 4.69. The molecule has 9 heteroatoms. The predicted molar refractivity (Wildman–Crippen MR) is 134 cm³/mol. The number of fused-ring (bicyclic) bond motifs is 1. The van der Waals surface area contributed by atoms with E-state index in [9.17, 15) is 18.0 Å². The van der Waals surface area contributed by atoms with Crippen molar-refractivity contribution in [3.63, 3.8) is 0 Å². The topological polar surface area (TPSA) is 74.0 Å². The number of nitrogens with zero attached hydrogens (tertiary/aromatic N) is 4. The minimum absolute atomic E-state index is 0.196. The third kappa shape index (κ3) is 5.45. The van der Waals surface area contributed by atoms with Gasteiger partial charge in [-0.25, -0.2) is 18.2 Å². The van der Waals surface area contributed by atoms with Crippen molar-refractivity contribution in [3.8, 4) is 6.07 Å². The van der Waals surface area contributed by atoms with Crippen molar-refractivity contribution in [1.29, 1.82) is 5.26 Å². The van der Waals surface area contributed by atoms with Gasteiger partial charge in [-0.15, -0.1) is 0 Å². The Bertz CT molecular complexity index is 1510. The fourth-order valence-corrected chi connectivity index (χ4v) is 4.69. The maximum Gasteiger partial charge on any atom is 0.240 e. The van der Waals surface area contributed by atoms with E-state index in [2.05, 4.69) is 16.4 Å². The maximum atomic E-state index is 14.4. The molecule has 0 bridgehead atoms. The van der Waals surface area contributed by atoms with Crippen LogP contribution in [0.1, 0.15) is 33.5 Å². The number of benzene rings is 3. The van der Waals surface area contributed by atoms with Gasteiger partial charge in [0.1, 0.15) is 5.82 Å². The number of rotatable bonds is 7. The molecule has 1 atom stereocenters. The van der Waals surface area contributed by atoms with Crippen molar-refractivity contribution < 1.29 is 18.0 Å². The van der Waals surface area contributed by atoms with Crippen LogP contribution in [0.5, 0.6) is 0 Å². The van der Waals surface area contributed by atoms with Crippen LogP contribution in [0.3, 0.4) is 0 Å². The first kappa shape index (κ1) is 25.2. The van der Waals surface area contributed by atoms with Crippen LogP contribution in [-0.4, -0.2) is 26.4 Å². The highest BCUT2D eigenvalue weighted by Gasteiger charge is 2.30. The molecule has 0 aliphatic carbocycles. The first-order valence-corrected chi connectivity index (χ1v) is 12.1. The number of hydrogen-bond donors (Lipinski definition) is 1. The Labute approximate surface area is 218 Å². The molecule has 38 heavy (non-hydrogen) atoms. The predicted octanol–water partition coefficient (Wildman–Crippen LogP) is 4.46. The second kappa shape index (κ2) is 10.9. The van der Waals surface area contributed by atoms with Gasteiger partial charge in [-0.2, -0.15) is 5.26 Å². The third-order valence-corrected chi connectivity index (χ3v) is 6.71. The number of nitriles is 1. The van der Waals surface area contributed by atoms with Crippen molar-refractivity contribution >= 4 is 5.91 Å². The summed E-state index contributed by atoms with van der Waals surface area (Å²) >= 11 is 0.